The predicted molar refractivity (Wildman–Crippen MR) is 148 cm³/mol. The first-order valence-corrected chi connectivity index (χ1v) is 12.8. The van der Waals surface area contributed by atoms with Gasteiger partial charge in [-0.1, -0.05) is 83.6 Å². The molecule has 1 saturated heterocycles. The molecule has 0 radical (unpaired) electrons. The van der Waals surface area contributed by atoms with E-state index in [9.17, 15) is 9.59 Å². The largest absolute Gasteiger partial charge is 0.437 e. The molecule has 6 nitrogen and oxygen atoms in total. The Kier molecular flexibility index (Phi) is 6.85. The molecule has 2 aromatic heterocycles. The zero-order chi connectivity index (χ0) is 25.4. The first kappa shape index (κ1) is 24.5. The molecule has 1 amide bonds. The van der Waals surface area contributed by atoms with E-state index in [4.69, 9.17) is 40.2 Å². The molecule has 3 heterocycles. The fraction of sp³-hybridized carbons (Fsp3) is 0.0769. The summed E-state index contributed by atoms with van der Waals surface area (Å²) in [6, 6.07) is 19.2. The second kappa shape index (κ2) is 10.1. The fourth-order valence-corrected chi connectivity index (χ4v) is 5.62. The third kappa shape index (κ3) is 4.65. The second-order valence-electron chi connectivity index (χ2n) is 7.88. The molecule has 1 aliphatic rings. The van der Waals surface area contributed by atoms with Gasteiger partial charge in [0, 0.05) is 11.2 Å². The summed E-state index contributed by atoms with van der Waals surface area (Å²) in [6.45, 7) is 1.91. The van der Waals surface area contributed by atoms with Crippen LogP contribution in [-0.2, 0) is 4.79 Å². The molecular formula is C26H17Cl2N3O3S2. The first-order valence-electron chi connectivity index (χ1n) is 10.8. The number of aromatic nitrogens is 2. The van der Waals surface area contributed by atoms with Crippen molar-refractivity contribution in [2.24, 2.45) is 0 Å². The summed E-state index contributed by atoms with van der Waals surface area (Å²) in [7, 11) is 0. The van der Waals surface area contributed by atoms with Gasteiger partial charge in [-0.2, -0.15) is 4.98 Å². The van der Waals surface area contributed by atoms with Crippen LogP contribution in [-0.4, -0.2) is 24.5 Å². The molecule has 0 saturated carbocycles. The molecule has 0 bridgehead atoms. The third-order valence-electron chi connectivity index (χ3n) is 5.60. The summed E-state index contributed by atoms with van der Waals surface area (Å²) in [5.41, 5.74) is 1.02. The average Bonchev–Trinajstić information content (AvgIpc) is 3.15. The van der Waals surface area contributed by atoms with Crippen molar-refractivity contribution in [2.75, 3.05) is 0 Å². The number of amides is 1. The summed E-state index contributed by atoms with van der Waals surface area (Å²) in [5.74, 6) is -0.0145. The fourth-order valence-electron chi connectivity index (χ4n) is 3.77. The molecule has 1 unspecified atom stereocenters. The lowest BCUT2D eigenvalue weighted by Crippen LogP contribution is -2.31. The average molecular weight is 554 g/mol. The predicted octanol–water partition coefficient (Wildman–Crippen LogP) is 6.76. The van der Waals surface area contributed by atoms with Crippen molar-refractivity contribution in [1.82, 2.24) is 14.3 Å². The van der Waals surface area contributed by atoms with Gasteiger partial charge >= 0.3 is 0 Å². The lowest BCUT2D eigenvalue weighted by molar-refractivity contribution is -0.123. The normalized spacial score (nSPS) is 15.6. The molecule has 1 fully saturated rings. The minimum Gasteiger partial charge on any atom is -0.437 e. The van der Waals surface area contributed by atoms with Crippen molar-refractivity contribution in [1.29, 1.82) is 0 Å². The van der Waals surface area contributed by atoms with E-state index in [2.05, 4.69) is 4.98 Å². The Labute approximate surface area is 226 Å². The zero-order valence-electron chi connectivity index (χ0n) is 18.7. The number of carbonyl (C=O) groups is 1. The van der Waals surface area contributed by atoms with Crippen LogP contribution < -0.4 is 10.3 Å². The molecule has 4 aromatic rings. The van der Waals surface area contributed by atoms with Crippen LogP contribution in [0.2, 0.25) is 10.0 Å². The van der Waals surface area contributed by atoms with E-state index in [0.717, 1.165) is 17.3 Å². The van der Waals surface area contributed by atoms with Gasteiger partial charge in [-0.25, -0.2) is 0 Å². The minimum atomic E-state index is -0.401. The summed E-state index contributed by atoms with van der Waals surface area (Å²) in [4.78, 5) is 33.2. The standard InChI is InChI=1S/C26H17Cl2N3O3S2/c1-15(16-7-3-2-4-8-16)31-25(33)21(36-26(31)35)14-18-23(34-20-11-10-17(27)13-19(20)28)29-22-9-5-6-12-30(22)24(18)32/h2-15H,1H3/b21-14+. The highest BCUT2D eigenvalue weighted by molar-refractivity contribution is 8.26. The molecule has 180 valence electrons. The Morgan fingerprint density at radius 3 is 2.56 bits per heavy atom. The van der Waals surface area contributed by atoms with E-state index in [1.54, 1.807) is 41.4 Å². The van der Waals surface area contributed by atoms with Gasteiger partial charge in [0.2, 0.25) is 5.88 Å². The van der Waals surface area contributed by atoms with Crippen LogP contribution >= 0.6 is 47.2 Å². The topological polar surface area (TPSA) is 63.9 Å². The SMILES string of the molecule is CC(c1ccccc1)N1C(=O)/C(=C\c2c(Oc3ccc(Cl)cc3Cl)nc3ccccn3c2=O)SC1=S. The summed E-state index contributed by atoms with van der Waals surface area (Å²) in [6.07, 6.45) is 3.08. The van der Waals surface area contributed by atoms with E-state index in [0.29, 0.717) is 19.9 Å². The van der Waals surface area contributed by atoms with Gasteiger partial charge in [0.25, 0.3) is 11.5 Å². The lowest BCUT2D eigenvalue weighted by Gasteiger charge is -2.23. The maximum absolute atomic E-state index is 13.5. The van der Waals surface area contributed by atoms with Crippen LogP contribution in [0.1, 0.15) is 24.1 Å². The highest BCUT2D eigenvalue weighted by Gasteiger charge is 2.36. The van der Waals surface area contributed by atoms with Crippen LogP contribution in [0.3, 0.4) is 0 Å². The number of fused-ring (bicyclic) bond motifs is 1. The third-order valence-corrected chi connectivity index (χ3v) is 7.46. The molecular weight excluding hydrogens is 537 g/mol. The number of carbonyl (C=O) groups excluding carboxylic acids is 1. The summed E-state index contributed by atoms with van der Waals surface area (Å²) in [5, 5.41) is 0.696. The summed E-state index contributed by atoms with van der Waals surface area (Å²) < 4.78 is 7.76. The highest BCUT2D eigenvalue weighted by Crippen LogP contribution is 2.39. The van der Waals surface area contributed by atoms with Crippen LogP contribution in [0.5, 0.6) is 11.6 Å². The number of ether oxygens (including phenoxy) is 1. The number of thiocarbonyl (C=S) groups is 1. The van der Waals surface area contributed by atoms with Gasteiger partial charge < -0.3 is 4.74 Å². The Balaban J connectivity index is 1.60. The van der Waals surface area contributed by atoms with Gasteiger partial charge in [0.05, 0.1) is 16.0 Å². The summed E-state index contributed by atoms with van der Waals surface area (Å²) >= 11 is 19.0. The van der Waals surface area contributed by atoms with Gasteiger partial charge in [0.15, 0.2) is 0 Å². The van der Waals surface area contributed by atoms with Crippen molar-refractivity contribution < 1.29 is 9.53 Å². The van der Waals surface area contributed by atoms with E-state index in [1.807, 2.05) is 37.3 Å². The van der Waals surface area contributed by atoms with E-state index in [-0.39, 0.29) is 34.2 Å². The minimum absolute atomic E-state index is 0.0109. The van der Waals surface area contributed by atoms with Crippen molar-refractivity contribution in [3.8, 4) is 11.6 Å². The van der Waals surface area contributed by atoms with Crippen molar-refractivity contribution in [2.45, 2.75) is 13.0 Å². The van der Waals surface area contributed by atoms with Gasteiger partial charge in [-0.05, 0) is 48.9 Å². The maximum Gasteiger partial charge on any atom is 0.269 e. The number of rotatable bonds is 5. The maximum atomic E-state index is 13.5. The lowest BCUT2D eigenvalue weighted by atomic mass is 10.1. The van der Waals surface area contributed by atoms with Gasteiger partial charge in [0.1, 0.15) is 21.3 Å². The second-order valence-corrected chi connectivity index (χ2v) is 10.4. The Bertz CT molecular complexity index is 1610. The van der Waals surface area contributed by atoms with E-state index >= 15 is 0 Å². The number of hydrogen-bond donors (Lipinski definition) is 0. The van der Waals surface area contributed by atoms with E-state index < -0.39 is 5.56 Å². The Hall–Kier alpha value is -3.17. The molecule has 0 N–H and O–H groups in total. The molecule has 0 spiro atoms. The molecule has 10 heteroatoms. The first-order chi connectivity index (χ1) is 17.3. The van der Waals surface area contributed by atoms with Crippen LogP contribution in [0.4, 0.5) is 0 Å². The number of hydrogen-bond acceptors (Lipinski definition) is 6. The monoisotopic (exact) mass is 553 g/mol. The van der Waals surface area contributed by atoms with Crippen LogP contribution in [0.15, 0.2) is 82.6 Å². The number of pyridine rings is 1. The highest BCUT2D eigenvalue weighted by atomic mass is 35.5. The molecule has 1 atom stereocenters. The number of thioether (sulfide) groups is 1. The van der Waals surface area contributed by atoms with Crippen LogP contribution in [0, 0.1) is 0 Å². The molecule has 36 heavy (non-hydrogen) atoms. The molecule has 2 aromatic carbocycles. The molecule has 5 rings (SSSR count). The quantitative estimate of drug-likeness (QED) is 0.201. The van der Waals surface area contributed by atoms with Gasteiger partial charge in [-0.15, -0.1) is 0 Å². The van der Waals surface area contributed by atoms with Crippen molar-refractivity contribution in [3.05, 3.63) is 109 Å². The molecule has 0 aliphatic carbocycles. The smallest absolute Gasteiger partial charge is 0.269 e. The van der Waals surface area contributed by atoms with E-state index in [1.165, 1.54) is 16.5 Å². The zero-order valence-corrected chi connectivity index (χ0v) is 21.9. The number of benzene rings is 2. The Morgan fingerprint density at radius 1 is 1.06 bits per heavy atom. The number of nitrogens with zero attached hydrogens (tertiary/aromatic N) is 3. The molecule has 1 aliphatic heterocycles. The number of halogens is 2. The van der Waals surface area contributed by atoms with Crippen molar-refractivity contribution in [3.63, 3.8) is 0 Å². The van der Waals surface area contributed by atoms with Crippen LogP contribution in [0.25, 0.3) is 11.7 Å². The van der Waals surface area contributed by atoms with Gasteiger partial charge in [-0.3, -0.25) is 18.9 Å². The van der Waals surface area contributed by atoms with Crippen molar-refractivity contribution >= 4 is 69.1 Å². The Morgan fingerprint density at radius 2 is 1.81 bits per heavy atom.